The van der Waals surface area contributed by atoms with Gasteiger partial charge in [0.1, 0.15) is 5.60 Å². The molecule has 0 radical (unpaired) electrons. The molecular weight excluding hydrogens is 377 g/mol. The highest BCUT2D eigenvalue weighted by Crippen LogP contribution is 2.26. The van der Waals surface area contributed by atoms with Crippen LogP contribution < -0.4 is 4.90 Å². The highest BCUT2D eigenvalue weighted by molar-refractivity contribution is 5.68. The molecule has 1 unspecified atom stereocenters. The van der Waals surface area contributed by atoms with Crippen molar-refractivity contribution >= 4 is 11.9 Å². The van der Waals surface area contributed by atoms with E-state index in [0.717, 1.165) is 12.0 Å². The lowest BCUT2D eigenvalue weighted by Crippen LogP contribution is -2.50. The van der Waals surface area contributed by atoms with Gasteiger partial charge in [-0.2, -0.15) is 0 Å². The Kier molecular flexibility index (Phi) is 6.33. The summed E-state index contributed by atoms with van der Waals surface area (Å²) < 4.78 is 31.4. The predicted molar refractivity (Wildman–Crippen MR) is 107 cm³/mol. The molecule has 0 bridgehead atoms. The number of halogens is 1. The molecule has 1 aromatic rings. The summed E-state index contributed by atoms with van der Waals surface area (Å²) in [4.78, 5) is 20.0. The number of anilines is 1. The summed E-state index contributed by atoms with van der Waals surface area (Å²) in [7, 11) is 0. The molecule has 2 fully saturated rings. The first kappa shape index (κ1) is 21.8. The van der Waals surface area contributed by atoms with Gasteiger partial charge in [-0.15, -0.1) is 0 Å². The third kappa shape index (κ3) is 6.02. The zero-order chi connectivity index (χ0) is 21.2. The van der Waals surface area contributed by atoms with Crippen LogP contribution in [0.1, 0.15) is 46.6 Å². The molecule has 2 saturated heterocycles. The number of aromatic nitrogens is 1. The Morgan fingerprint density at radius 2 is 2.00 bits per heavy atom. The second-order valence-electron chi connectivity index (χ2n) is 9.09. The van der Waals surface area contributed by atoms with Gasteiger partial charge in [0.2, 0.25) is 0 Å². The van der Waals surface area contributed by atoms with E-state index in [2.05, 4.69) is 4.98 Å². The summed E-state index contributed by atoms with van der Waals surface area (Å²) in [6, 6.07) is 1.55. The summed E-state index contributed by atoms with van der Waals surface area (Å²) in [5.41, 5.74) is 0.315. The number of ether oxygens (including phenoxy) is 3. The molecule has 0 aliphatic carbocycles. The molecule has 29 heavy (non-hydrogen) atoms. The van der Waals surface area contributed by atoms with Gasteiger partial charge in [0.25, 0.3) is 0 Å². The van der Waals surface area contributed by atoms with Crippen molar-refractivity contribution in [2.75, 3.05) is 37.7 Å². The minimum absolute atomic E-state index is 0.0219. The Balaban J connectivity index is 1.51. The fourth-order valence-corrected chi connectivity index (χ4v) is 3.50. The maximum absolute atomic E-state index is 14.7. The summed E-state index contributed by atoms with van der Waals surface area (Å²) >= 11 is 0. The van der Waals surface area contributed by atoms with Crippen LogP contribution in [0, 0.1) is 5.82 Å². The van der Waals surface area contributed by atoms with Crippen molar-refractivity contribution in [2.24, 2.45) is 0 Å². The average Bonchev–Trinajstić information content (AvgIpc) is 2.98. The Hall–Kier alpha value is -1.93. The first-order valence-electron chi connectivity index (χ1n) is 10.2. The highest BCUT2D eigenvalue weighted by Gasteiger charge is 2.32. The number of hydrogen-bond acceptors (Lipinski definition) is 6. The molecule has 0 spiro atoms. The first-order chi connectivity index (χ1) is 13.5. The summed E-state index contributed by atoms with van der Waals surface area (Å²) in [5, 5.41) is 0. The van der Waals surface area contributed by atoms with E-state index in [0.29, 0.717) is 45.0 Å². The molecule has 162 valence electrons. The van der Waals surface area contributed by atoms with Crippen molar-refractivity contribution in [3.8, 4) is 0 Å². The van der Waals surface area contributed by atoms with E-state index in [-0.39, 0.29) is 18.0 Å². The quantitative estimate of drug-likeness (QED) is 0.760. The van der Waals surface area contributed by atoms with Gasteiger partial charge in [-0.05, 0) is 59.1 Å². The summed E-state index contributed by atoms with van der Waals surface area (Å²) in [6.07, 6.45) is 2.86. The number of pyridine rings is 1. The average molecular weight is 410 g/mol. The van der Waals surface area contributed by atoms with Gasteiger partial charge in [-0.25, -0.2) is 14.2 Å². The van der Waals surface area contributed by atoms with E-state index in [1.807, 2.05) is 39.5 Å². The number of piperazine rings is 1. The lowest BCUT2D eigenvalue weighted by Gasteiger charge is -2.36. The van der Waals surface area contributed by atoms with Crippen LogP contribution in [-0.4, -0.2) is 66.3 Å². The van der Waals surface area contributed by atoms with Gasteiger partial charge in [-0.1, -0.05) is 0 Å². The zero-order valence-electron chi connectivity index (χ0n) is 18.0. The molecule has 2 aliphatic rings. The van der Waals surface area contributed by atoms with Crippen molar-refractivity contribution in [1.29, 1.82) is 0 Å². The molecule has 0 aromatic carbocycles. The number of rotatable bonds is 4. The van der Waals surface area contributed by atoms with E-state index in [9.17, 15) is 9.18 Å². The van der Waals surface area contributed by atoms with E-state index >= 15 is 0 Å². The Labute approximate surface area is 172 Å². The van der Waals surface area contributed by atoms with E-state index in [4.69, 9.17) is 14.2 Å². The Bertz CT molecular complexity index is 727. The van der Waals surface area contributed by atoms with Crippen molar-refractivity contribution in [3.05, 3.63) is 23.6 Å². The third-order valence-electron chi connectivity index (χ3n) is 4.93. The number of amides is 1. The van der Waals surface area contributed by atoms with Gasteiger partial charge in [0.05, 0.1) is 12.7 Å². The molecule has 1 aromatic heterocycles. The van der Waals surface area contributed by atoms with Crippen LogP contribution in [0.15, 0.2) is 12.3 Å². The van der Waals surface area contributed by atoms with Crippen LogP contribution in [0.2, 0.25) is 0 Å². The first-order valence-corrected chi connectivity index (χ1v) is 10.2. The normalized spacial score (nSPS) is 22.1. The minimum Gasteiger partial charge on any atom is -0.444 e. The van der Waals surface area contributed by atoms with Crippen molar-refractivity contribution in [1.82, 2.24) is 9.88 Å². The summed E-state index contributed by atoms with van der Waals surface area (Å²) in [5.74, 6) is -0.546. The smallest absolute Gasteiger partial charge is 0.410 e. The van der Waals surface area contributed by atoms with Gasteiger partial charge in [0, 0.05) is 32.4 Å². The third-order valence-corrected chi connectivity index (χ3v) is 4.93. The highest BCUT2D eigenvalue weighted by atomic mass is 19.1. The number of aryl methyl sites for hydroxylation is 1. The van der Waals surface area contributed by atoms with E-state index in [1.54, 1.807) is 17.2 Å². The maximum atomic E-state index is 14.7. The van der Waals surface area contributed by atoms with Crippen LogP contribution in [0.5, 0.6) is 0 Å². The van der Waals surface area contributed by atoms with Gasteiger partial charge < -0.3 is 24.0 Å². The van der Waals surface area contributed by atoms with Crippen LogP contribution >= 0.6 is 0 Å². The molecule has 1 atom stereocenters. The topological polar surface area (TPSA) is 64.1 Å². The van der Waals surface area contributed by atoms with Crippen LogP contribution in [0.25, 0.3) is 0 Å². The lowest BCUT2D eigenvalue weighted by atomic mass is 10.1. The molecule has 3 heterocycles. The molecule has 1 amide bonds. The maximum Gasteiger partial charge on any atom is 0.410 e. The molecular formula is C21H32FN3O4. The number of carbonyl (C=O) groups excluding carboxylic acids is 1. The Morgan fingerprint density at radius 1 is 1.31 bits per heavy atom. The monoisotopic (exact) mass is 409 g/mol. The van der Waals surface area contributed by atoms with Gasteiger partial charge >= 0.3 is 6.09 Å². The van der Waals surface area contributed by atoms with Crippen LogP contribution in [0.4, 0.5) is 15.0 Å². The number of hydrogen-bond donors (Lipinski definition) is 0. The van der Waals surface area contributed by atoms with Crippen molar-refractivity contribution < 1.29 is 23.4 Å². The Morgan fingerprint density at radius 3 is 2.55 bits per heavy atom. The fourth-order valence-electron chi connectivity index (χ4n) is 3.50. The molecule has 8 heteroatoms. The SMILES string of the molecule is CC(C)(C)OC(=O)N1CCN(c2ncc(CCC3COC(C)(C)O3)cc2F)CC1. The predicted octanol–water partition coefficient (Wildman–Crippen LogP) is 3.36. The standard InChI is InChI=1S/C21H32FN3O4/c1-20(2,3)29-19(26)25-10-8-24(9-11-25)18-17(22)12-15(13-23-18)6-7-16-14-27-21(4,5)28-16/h12-13,16H,6-11,14H2,1-5H3. The van der Waals surface area contributed by atoms with E-state index < -0.39 is 11.4 Å². The zero-order valence-corrected chi connectivity index (χ0v) is 18.0. The lowest BCUT2D eigenvalue weighted by molar-refractivity contribution is -0.138. The van der Waals surface area contributed by atoms with Gasteiger partial charge in [-0.3, -0.25) is 0 Å². The van der Waals surface area contributed by atoms with E-state index in [1.165, 1.54) is 0 Å². The fraction of sp³-hybridized carbons (Fsp3) is 0.714. The molecule has 0 N–H and O–H groups in total. The molecule has 7 nitrogen and oxygen atoms in total. The largest absolute Gasteiger partial charge is 0.444 e. The van der Waals surface area contributed by atoms with Crippen molar-refractivity contribution in [3.63, 3.8) is 0 Å². The molecule has 3 rings (SSSR count). The molecule has 2 aliphatic heterocycles. The molecule has 0 saturated carbocycles. The summed E-state index contributed by atoms with van der Waals surface area (Å²) in [6.45, 7) is 11.9. The van der Waals surface area contributed by atoms with Gasteiger partial charge in [0.15, 0.2) is 17.4 Å². The van der Waals surface area contributed by atoms with Crippen LogP contribution in [0.3, 0.4) is 0 Å². The number of nitrogens with zero attached hydrogens (tertiary/aromatic N) is 3. The second kappa shape index (κ2) is 8.44. The number of carbonyl (C=O) groups is 1. The second-order valence-corrected chi connectivity index (χ2v) is 9.09. The van der Waals surface area contributed by atoms with Crippen LogP contribution in [-0.2, 0) is 20.6 Å². The minimum atomic E-state index is -0.542. The van der Waals surface area contributed by atoms with Crippen molar-refractivity contribution in [2.45, 2.75) is 65.0 Å².